The average Bonchev–Trinajstić information content (AvgIpc) is 2.97. The van der Waals surface area contributed by atoms with Crippen molar-refractivity contribution in [2.75, 3.05) is 5.32 Å². The predicted octanol–water partition coefficient (Wildman–Crippen LogP) is 6.59. The zero-order valence-corrected chi connectivity index (χ0v) is 19.0. The number of carbonyl (C=O) groups is 2. The second-order valence-electron chi connectivity index (χ2n) is 9.72. The lowest BCUT2D eigenvalue weighted by Gasteiger charge is -2.40. The van der Waals surface area contributed by atoms with Crippen LogP contribution in [0, 0.1) is 11.3 Å². The molecule has 1 aromatic carbocycles. The zero-order valence-electron chi connectivity index (χ0n) is 18.2. The van der Waals surface area contributed by atoms with Crippen LogP contribution >= 0.6 is 11.3 Å². The first kappa shape index (κ1) is 21.6. The van der Waals surface area contributed by atoms with E-state index in [2.05, 4.69) is 33.0 Å². The number of thiophene rings is 1. The van der Waals surface area contributed by atoms with Gasteiger partial charge in [-0.15, -0.1) is 11.3 Å². The number of Topliss-reactive ketones (excluding diaryl/α,β-unsaturated/α-hetero) is 1. The van der Waals surface area contributed by atoms with Gasteiger partial charge in [-0.05, 0) is 34.8 Å². The molecule has 0 radical (unpaired) electrons. The van der Waals surface area contributed by atoms with E-state index in [0.717, 1.165) is 24.0 Å². The predicted molar refractivity (Wildman–Crippen MR) is 119 cm³/mol. The quantitative estimate of drug-likeness (QED) is 0.563. The third-order valence-electron chi connectivity index (χ3n) is 5.40. The Morgan fingerprint density at radius 3 is 2.41 bits per heavy atom. The average molecular weight is 414 g/mol. The van der Waals surface area contributed by atoms with Crippen LogP contribution in [0.25, 0.3) is 0 Å². The summed E-state index contributed by atoms with van der Waals surface area (Å²) < 4.78 is 5.40. The first-order chi connectivity index (χ1) is 13.5. The molecule has 1 aliphatic carbocycles. The smallest absolute Gasteiger partial charge is 0.412 e. The summed E-state index contributed by atoms with van der Waals surface area (Å²) >= 11 is 1.53. The molecule has 0 unspecified atom stereocenters. The van der Waals surface area contributed by atoms with Crippen molar-refractivity contribution in [2.24, 2.45) is 11.3 Å². The lowest BCUT2D eigenvalue weighted by Crippen LogP contribution is -2.34. The second kappa shape index (κ2) is 7.94. The molecule has 0 saturated heterocycles. The maximum atomic E-state index is 13.1. The first-order valence-corrected chi connectivity index (χ1v) is 11.0. The van der Waals surface area contributed by atoms with Crippen LogP contribution in [-0.2, 0) is 23.2 Å². The second-order valence-corrected chi connectivity index (χ2v) is 10.7. The highest BCUT2D eigenvalue weighted by Crippen LogP contribution is 2.52. The van der Waals surface area contributed by atoms with Gasteiger partial charge in [0, 0.05) is 10.8 Å². The molecule has 156 valence electrons. The van der Waals surface area contributed by atoms with Crippen molar-refractivity contribution in [1.29, 1.82) is 0 Å². The maximum Gasteiger partial charge on any atom is 0.412 e. The van der Waals surface area contributed by atoms with E-state index in [1.165, 1.54) is 16.2 Å². The summed E-state index contributed by atoms with van der Waals surface area (Å²) in [7, 11) is 0. The van der Waals surface area contributed by atoms with E-state index < -0.39 is 6.09 Å². The molecule has 4 nitrogen and oxygen atoms in total. The molecule has 0 bridgehead atoms. The molecule has 0 saturated carbocycles. The number of hydrogen-bond donors (Lipinski definition) is 1. The van der Waals surface area contributed by atoms with E-state index >= 15 is 0 Å². The largest absolute Gasteiger partial charge is 0.444 e. The molecule has 0 fully saturated rings. The summed E-state index contributed by atoms with van der Waals surface area (Å²) in [6.45, 7) is 13.0. The summed E-state index contributed by atoms with van der Waals surface area (Å²) in [4.78, 5) is 26.8. The summed E-state index contributed by atoms with van der Waals surface area (Å²) in [5, 5.41) is 3.50. The lowest BCUT2D eigenvalue weighted by molar-refractivity contribution is 0.0938. The Morgan fingerprint density at radius 1 is 1.14 bits per heavy atom. The van der Waals surface area contributed by atoms with Gasteiger partial charge in [0.05, 0.1) is 5.56 Å². The Kier molecular flexibility index (Phi) is 5.91. The number of amides is 1. The molecule has 0 atom stereocenters. The molecule has 29 heavy (non-hydrogen) atoms. The van der Waals surface area contributed by atoms with Crippen LogP contribution in [0.2, 0.25) is 0 Å². The number of ketones is 1. The van der Waals surface area contributed by atoms with Crippen molar-refractivity contribution in [1.82, 2.24) is 0 Å². The maximum absolute atomic E-state index is 13.1. The van der Waals surface area contributed by atoms with Crippen molar-refractivity contribution < 1.29 is 14.3 Å². The molecule has 1 N–H and O–H groups in total. The number of nitrogens with one attached hydrogen (secondary N) is 1. The summed E-state index contributed by atoms with van der Waals surface area (Å²) in [5.41, 5.74) is 2.77. The zero-order chi connectivity index (χ0) is 21.4. The molecule has 1 amide bonds. The highest BCUT2D eigenvalue weighted by atomic mass is 32.1. The Morgan fingerprint density at radius 2 is 1.79 bits per heavy atom. The Bertz CT molecular complexity index is 910. The van der Waals surface area contributed by atoms with Gasteiger partial charge in [0.15, 0.2) is 5.78 Å². The van der Waals surface area contributed by atoms with Gasteiger partial charge in [-0.25, -0.2) is 4.79 Å². The number of hydrogen-bond acceptors (Lipinski definition) is 4. The number of ether oxygens (including phenoxy) is 1. The number of rotatable bonds is 5. The van der Waals surface area contributed by atoms with Crippen LogP contribution in [0.4, 0.5) is 9.80 Å². The fourth-order valence-electron chi connectivity index (χ4n) is 4.49. The van der Waals surface area contributed by atoms with Gasteiger partial charge in [-0.1, -0.05) is 71.9 Å². The van der Waals surface area contributed by atoms with Crippen LogP contribution in [0.3, 0.4) is 0 Å². The minimum atomic E-state index is -0.526. The number of carbonyl (C=O) groups excluding carboxylic acids is 2. The minimum absolute atomic E-state index is 0.0400. The summed E-state index contributed by atoms with van der Waals surface area (Å²) in [5.74, 6) is -0.0582. The Hall–Kier alpha value is -2.14. The van der Waals surface area contributed by atoms with E-state index in [1.807, 2.05) is 44.2 Å². The van der Waals surface area contributed by atoms with Crippen LogP contribution < -0.4 is 5.32 Å². The molecule has 1 aliphatic rings. The lowest BCUT2D eigenvalue weighted by atomic mass is 9.65. The van der Waals surface area contributed by atoms with E-state index in [0.29, 0.717) is 10.6 Å². The van der Waals surface area contributed by atoms with Crippen LogP contribution in [-0.4, -0.2) is 11.9 Å². The van der Waals surface area contributed by atoms with Gasteiger partial charge in [0.2, 0.25) is 0 Å². The van der Waals surface area contributed by atoms with Gasteiger partial charge >= 0.3 is 6.09 Å². The fraction of sp³-hybridized carbons (Fsp3) is 0.500. The molecular formula is C24H31NO3S. The van der Waals surface area contributed by atoms with E-state index in [1.54, 1.807) is 0 Å². The molecular weight excluding hydrogens is 382 g/mol. The van der Waals surface area contributed by atoms with Crippen molar-refractivity contribution in [3.63, 3.8) is 0 Å². The summed E-state index contributed by atoms with van der Waals surface area (Å²) in [6.07, 6.45) is 1.36. The number of benzene rings is 1. The van der Waals surface area contributed by atoms with E-state index in [9.17, 15) is 9.59 Å². The van der Waals surface area contributed by atoms with Crippen LogP contribution in [0.1, 0.15) is 74.3 Å². The number of anilines is 1. The molecule has 5 heteroatoms. The first-order valence-electron chi connectivity index (χ1n) is 10.2. The van der Waals surface area contributed by atoms with Crippen molar-refractivity contribution in [2.45, 2.75) is 66.4 Å². The van der Waals surface area contributed by atoms with Gasteiger partial charge in [0.25, 0.3) is 0 Å². The van der Waals surface area contributed by atoms with E-state index in [4.69, 9.17) is 4.74 Å². The van der Waals surface area contributed by atoms with Gasteiger partial charge in [-0.2, -0.15) is 0 Å². The molecule has 3 rings (SSSR count). The minimum Gasteiger partial charge on any atom is -0.444 e. The Balaban J connectivity index is 1.91. The fourth-order valence-corrected chi connectivity index (χ4v) is 5.80. The normalized spacial score (nSPS) is 16.9. The third kappa shape index (κ3) is 4.72. The van der Waals surface area contributed by atoms with Gasteiger partial charge in [-0.3, -0.25) is 10.1 Å². The van der Waals surface area contributed by atoms with Crippen LogP contribution in [0.5, 0.6) is 0 Å². The summed E-state index contributed by atoms with van der Waals surface area (Å²) in [6, 6.07) is 9.57. The third-order valence-corrected chi connectivity index (χ3v) is 6.91. The van der Waals surface area contributed by atoms with Gasteiger partial charge in [0.1, 0.15) is 11.6 Å². The van der Waals surface area contributed by atoms with Crippen molar-refractivity contribution >= 4 is 28.2 Å². The highest BCUT2D eigenvalue weighted by Gasteiger charge is 2.42. The molecule has 0 aliphatic heterocycles. The molecule has 2 aromatic rings. The van der Waals surface area contributed by atoms with Crippen molar-refractivity contribution in [3.05, 3.63) is 51.9 Å². The monoisotopic (exact) mass is 413 g/mol. The Labute approximate surface area is 177 Å². The SMILES string of the molecule is CC(C)C(=O)c1c(NC(=O)OCc2ccccc2)sc2c1CC(C)(C)CC2(C)C. The topological polar surface area (TPSA) is 55.4 Å². The molecule has 0 spiro atoms. The highest BCUT2D eigenvalue weighted by molar-refractivity contribution is 7.17. The molecule has 1 heterocycles. The van der Waals surface area contributed by atoms with E-state index in [-0.39, 0.29) is 29.1 Å². The number of fused-ring (bicyclic) bond motifs is 1. The van der Waals surface area contributed by atoms with Crippen LogP contribution in [0.15, 0.2) is 30.3 Å². The standard InChI is InChI=1S/C24H31NO3S/c1-15(2)19(26)18-17-12-23(3,4)14-24(5,6)20(17)29-21(18)25-22(27)28-13-16-10-8-7-9-11-16/h7-11,15H,12-14H2,1-6H3,(H,25,27). The van der Waals surface area contributed by atoms with Gasteiger partial charge < -0.3 is 4.74 Å². The van der Waals surface area contributed by atoms with Crippen molar-refractivity contribution in [3.8, 4) is 0 Å². The molecule has 1 aromatic heterocycles.